The van der Waals surface area contributed by atoms with E-state index in [1.54, 1.807) is 0 Å². The van der Waals surface area contributed by atoms with E-state index in [9.17, 15) is 14.4 Å². The Labute approximate surface area is 112 Å². The van der Waals surface area contributed by atoms with E-state index >= 15 is 0 Å². The Balaban J connectivity index is 2.65. The van der Waals surface area contributed by atoms with Gasteiger partial charge in [0.2, 0.25) is 0 Å². The van der Waals surface area contributed by atoms with E-state index in [4.69, 9.17) is 15.9 Å². The Morgan fingerprint density at radius 1 is 1.42 bits per heavy atom. The fraction of sp³-hybridized carbons (Fsp3) is 0.400. The first-order valence-corrected chi connectivity index (χ1v) is 6.22. The van der Waals surface area contributed by atoms with Crippen LogP contribution in [0.15, 0.2) is 5.38 Å². The van der Waals surface area contributed by atoms with E-state index in [1.165, 1.54) is 16.7 Å². The van der Waals surface area contributed by atoms with Crippen LogP contribution in [0.4, 0.5) is 0 Å². The monoisotopic (exact) mass is 287 g/mol. The third-order valence-electron chi connectivity index (χ3n) is 2.21. The average Bonchev–Trinajstić information content (AvgIpc) is 2.82. The highest BCUT2D eigenvalue weighted by molar-refractivity contribution is 7.09. The number of carboxylic acids is 2. The topological polar surface area (TPSA) is 143 Å². The molecule has 0 aliphatic heterocycles. The Kier molecular flexibility index (Phi) is 5.39. The fourth-order valence-corrected chi connectivity index (χ4v) is 1.92. The number of hydrogen-bond donors (Lipinski definition) is 4. The molecule has 0 bridgehead atoms. The molecule has 0 saturated carbocycles. The van der Waals surface area contributed by atoms with E-state index in [-0.39, 0.29) is 25.1 Å². The Morgan fingerprint density at radius 2 is 2.11 bits per heavy atom. The smallest absolute Gasteiger partial charge is 0.326 e. The maximum Gasteiger partial charge on any atom is 0.326 e. The largest absolute Gasteiger partial charge is 0.481 e. The van der Waals surface area contributed by atoms with Crippen molar-refractivity contribution in [3.63, 3.8) is 0 Å². The van der Waals surface area contributed by atoms with Crippen LogP contribution in [0.1, 0.15) is 28.3 Å². The zero-order valence-electron chi connectivity index (χ0n) is 9.83. The summed E-state index contributed by atoms with van der Waals surface area (Å²) in [7, 11) is 0. The minimum atomic E-state index is -1.29. The molecule has 104 valence electrons. The molecule has 0 spiro atoms. The molecule has 1 aromatic heterocycles. The molecule has 0 radical (unpaired) electrons. The molecule has 0 fully saturated rings. The van der Waals surface area contributed by atoms with Crippen molar-refractivity contribution in [2.24, 2.45) is 5.73 Å². The first-order chi connectivity index (χ1) is 8.93. The molecule has 1 rings (SSSR count). The number of rotatable bonds is 7. The van der Waals surface area contributed by atoms with Crippen molar-refractivity contribution in [1.82, 2.24) is 10.3 Å². The van der Waals surface area contributed by atoms with Gasteiger partial charge in [-0.3, -0.25) is 9.59 Å². The highest BCUT2D eigenvalue weighted by Crippen LogP contribution is 2.09. The summed E-state index contributed by atoms with van der Waals surface area (Å²) in [5.74, 6) is -3.07. The van der Waals surface area contributed by atoms with Crippen molar-refractivity contribution in [2.75, 3.05) is 0 Å². The van der Waals surface area contributed by atoms with Gasteiger partial charge in [0.1, 0.15) is 16.7 Å². The SMILES string of the molecule is NCc1nc(C(=O)N[C@@H](CCC(=O)O)C(=O)O)cs1. The highest BCUT2D eigenvalue weighted by atomic mass is 32.1. The van der Waals surface area contributed by atoms with Gasteiger partial charge in [-0.15, -0.1) is 11.3 Å². The molecule has 1 amide bonds. The summed E-state index contributed by atoms with van der Waals surface area (Å²) in [6.07, 6.45) is -0.535. The Bertz CT molecular complexity index is 487. The van der Waals surface area contributed by atoms with Crippen LogP contribution in [-0.2, 0) is 16.1 Å². The minimum Gasteiger partial charge on any atom is -0.481 e. The van der Waals surface area contributed by atoms with Crippen LogP contribution >= 0.6 is 11.3 Å². The van der Waals surface area contributed by atoms with Gasteiger partial charge in [0.25, 0.3) is 5.91 Å². The number of carbonyl (C=O) groups excluding carboxylic acids is 1. The van der Waals surface area contributed by atoms with Crippen LogP contribution in [-0.4, -0.2) is 39.1 Å². The maximum absolute atomic E-state index is 11.7. The van der Waals surface area contributed by atoms with Gasteiger partial charge in [-0.2, -0.15) is 0 Å². The molecule has 0 aliphatic rings. The summed E-state index contributed by atoms with van der Waals surface area (Å²) in [5, 5.41) is 21.6. The second-order valence-electron chi connectivity index (χ2n) is 3.63. The quantitative estimate of drug-likeness (QED) is 0.536. The third-order valence-corrected chi connectivity index (χ3v) is 3.08. The summed E-state index contributed by atoms with van der Waals surface area (Å²) in [6, 6.07) is -1.26. The molecule has 5 N–H and O–H groups in total. The molecule has 1 aromatic rings. The number of amides is 1. The zero-order chi connectivity index (χ0) is 14.4. The number of hydrogen-bond acceptors (Lipinski definition) is 6. The first kappa shape index (κ1) is 15.1. The lowest BCUT2D eigenvalue weighted by molar-refractivity contribution is -0.140. The summed E-state index contributed by atoms with van der Waals surface area (Å²) < 4.78 is 0. The van der Waals surface area contributed by atoms with Crippen LogP contribution in [0.25, 0.3) is 0 Å². The lowest BCUT2D eigenvalue weighted by atomic mass is 10.1. The van der Waals surface area contributed by atoms with Crippen molar-refractivity contribution >= 4 is 29.2 Å². The van der Waals surface area contributed by atoms with Gasteiger partial charge in [0.15, 0.2) is 0 Å². The average molecular weight is 287 g/mol. The van der Waals surface area contributed by atoms with Gasteiger partial charge >= 0.3 is 11.9 Å². The highest BCUT2D eigenvalue weighted by Gasteiger charge is 2.22. The van der Waals surface area contributed by atoms with E-state index in [0.29, 0.717) is 5.01 Å². The van der Waals surface area contributed by atoms with Crippen molar-refractivity contribution < 1.29 is 24.6 Å². The molecule has 0 aromatic carbocycles. The van der Waals surface area contributed by atoms with Gasteiger partial charge in [0, 0.05) is 18.3 Å². The summed E-state index contributed by atoms with van der Waals surface area (Å²) in [5.41, 5.74) is 5.43. The lowest BCUT2D eigenvalue weighted by Gasteiger charge is -2.12. The summed E-state index contributed by atoms with van der Waals surface area (Å²) in [6.45, 7) is 0.194. The van der Waals surface area contributed by atoms with Crippen molar-refractivity contribution in [1.29, 1.82) is 0 Å². The normalized spacial score (nSPS) is 11.8. The molecule has 8 nitrogen and oxygen atoms in total. The van der Waals surface area contributed by atoms with Crippen LogP contribution < -0.4 is 11.1 Å². The fourth-order valence-electron chi connectivity index (χ4n) is 1.27. The molecule has 0 saturated heterocycles. The van der Waals surface area contributed by atoms with E-state index in [2.05, 4.69) is 10.3 Å². The lowest BCUT2D eigenvalue weighted by Crippen LogP contribution is -2.41. The Morgan fingerprint density at radius 3 is 2.58 bits per heavy atom. The molecule has 19 heavy (non-hydrogen) atoms. The zero-order valence-corrected chi connectivity index (χ0v) is 10.6. The molecule has 0 aliphatic carbocycles. The van der Waals surface area contributed by atoms with Crippen molar-refractivity contribution in [3.05, 3.63) is 16.1 Å². The second-order valence-corrected chi connectivity index (χ2v) is 4.57. The summed E-state index contributed by atoms with van der Waals surface area (Å²) >= 11 is 1.19. The van der Waals surface area contributed by atoms with Crippen LogP contribution in [0.2, 0.25) is 0 Å². The van der Waals surface area contributed by atoms with Gasteiger partial charge in [-0.1, -0.05) is 0 Å². The van der Waals surface area contributed by atoms with Crippen LogP contribution in [0.5, 0.6) is 0 Å². The predicted octanol–water partition coefficient (Wildman–Crippen LogP) is -0.350. The Hall–Kier alpha value is -2.00. The van der Waals surface area contributed by atoms with Crippen molar-refractivity contribution in [3.8, 4) is 0 Å². The summed E-state index contributed by atoms with van der Waals surface area (Å²) in [4.78, 5) is 36.9. The van der Waals surface area contributed by atoms with E-state index < -0.39 is 23.9 Å². The second kappa shape index (κ2) is 6.81. The number of aliphatic carboxylic acids is 2. The third kappa shape index (κ3) is 4.64. The predicted molar refractivity (Wildman–Crippen MR) is 65.8 cm³/mol. The molecule has 1 heterocycles. The van der Waals surface area contributed by atoms with Crippen LogP contribution in [0.3, 0.4) is 0 Å². The van der Waals surface area contributed by atoms with Gasteiger partial charge < -0.3 is 21.3 Å². The molecule has 1 atom stereocenters. The molecular formula is C10H13N3O5S. The van der Waals surface area contributed by atoms with Gasteiger partial charge in [0.05, 0.1) is 0 Å². The molecule has 9 heteroatoms. The number of aromatic nitrogens is 1. The standard InChI is InChI=1S/C10H13N3O5S/c11-3-7-12-6(4-19-7)9(16)13-5(10(17)18)1-2-8(14)15/h4-5H,1-3,11H2,(H,13,16)(H,14,15)(H,17,18)/t5-/m0/s1. The first-order valence-electron chi connectivity index (χ1n) is 5.34. The number of carbonyl (C=O) groups is 3. The van der Waals surface area contributed by atoms with E-state index in [0.717, 1.165) is 0 Å². The van der Waals surface area contributed by atoms with Crippen molar-refractivity contribution in [2.45, 2.75) is 25.4 Å². The number of nitrogens with two attached hydrogens (primary N) is 1. The molecule has 0 unspecified atom stereocenters. The number of nitrogens with zero attached hydrogens (tertiary/aromatic N) is 1. The van der Waals surface area contributed by atoms with Gasteiger partial charge in [-0.05, 0) is 6.42 Å². The van der Waals surface area contributed by atoms with Gasteiger partial charge in [-0.25, -0.2) is 9.78 Å². The number of carboxylic acid groups (broad SMARTS) is 2. The van der Waals surface area contributed by atoms with E-state index in [1.807, 2.05) is 0 Å². The molecular weight excluding hydrogens is 274 g/mol. The maximum atomic E-state index is 11.7. The minimum absolute atomic E-state index is 0.0759. The van der Waals surface area contributed by atoms with Crippen LogP contribution in [0, 0.1) is 0 Å². The number of thiazole rings is 1. The number of nitrogens with one attached hydrogen (secondary N) is 1.